The summed E-state index contributed by atoms with van der Waals surface area (Å²) >= 11 is 0. The van der Waals surface area contributed by atoms with E-state index in [-0.39, 0.29) is 35.1 Å². The predicted molar refractivity (Wildman–Crippen MR) is 113 cm³/mol. The summed E-state index contributed by atoms with van der Waals surface area (Å²) in [6.07, 6.45) is 2.83. The highest BCUT2D eigenvalue weighted by atomic mass is 19.3. The molecule has 0 atom stereocenters. The third-order valence-corrected chi connectivity index (χ3v) is 3.96. The van der Waals surface area contributed by atoms with Gasteiger partial charge < -0.3 is 24.8 Å². The van der Waals surface area contributed by atoms with Crippen LogP contribution >= 0.6 is 0 Å². The molecule has 0 aliphatic carbocycles. The van der Waals surface area contributed by atoms with Crippen molar-refractivity contribution in [3.8, 4) is 17.2 Å². The van der Waals surface area contributed by atoms with Crippen LogP contribution in [0.4, 0.5) is 19.3 Å². The molecule has 0 unspecified atom stereocenters. The average molecular weight is 434 g/mol. The monoisotopic (exact) mass is 434 g/mol. The van der Waals surface area contributed by atoms with Crippen LogP contribution in [0.25, 0.3) is 6.08 Å². The molecule has 0 spiro atoms. The van der Waals surface area contributed by atoms with Gasteiger partial charge in [-0.05, 0) is 61.9 Å². The van der Waals surface area contributed by atoms with E-state index < -0.39 is 6.61 Å². The number of carbonyl (C=O) groups excluding carboxylic acids is 2. The molecule has 0 aromatic heterocycles. The van der Waals surface area contributed by atoms with Gasteiger partial charge in [0.05, 0.1) is 14.2 Å². The zero-order chi connectivity index (χ0) is 23.0. The zero-order valence-corrected chi connectivity index (χ0v) is 17.6. The van der Waals surface area contributed by atoms with Crippen LogP contribution in [-0.4, -0.2) is 38.7 Å². The Labute approximate surface area is 179 Å². The number of ketones is 1. The van der Waals surface area contributed by atoms with Gasteiger partial charge in [-0.15, -0.1) is 0 Å². The van der Waals surface area contributed by atoms with Gasteiger partial charge in [0.15, 0.2) is 17.3 Å². The fraction of sp³-hybridized carbons (Fsp3) is 0.273. The van der Waals surface area contributed by atoms with Gasteiger partial charge in [0.25, 0.3) is 0 Å². The average Bonchev–Trinajstić information content (AvgIpc) is 2.72. The van der Waals surface area contributed by atoms with Gasteiger partial charge in [0.2, 0.25) is 5.75 Å². The van der Waals surface area contributed by atoms with Crippen LogP contribution in [0.1, 0.15) is 29.8 Å². The van der Waals surface area contributed by atoms with Gasteiger partial charge in [-0.2, -0.15) is 8.78 Å². The van der Waals surface area contributed by atoms with E-state index in [1.807, 2.05) is 13.8 Å². The Kier molecular flexibility index (Phi) is 8.36. The van der Waals surface area contributed by atoms with Crippen molar-refractivity contribution >= 4 is 23.6 Å². The number of ether oxygens (including phenoxy) is 3. The van der Waals surface area contributed by atoms with E-state index in [0.29, 0.717) is 16.8 Å². The lowest BCUT2D eigenvalue weighted by Crippen LogP contribution is -2.34. The molecule has 2 amide bonds. The smallest absolute Gasteiger partial charge is 0.387 e. The van der Waals surface area contributed by atoms with Crippen molar-refractivity contribution in [1.29, 1.82) is 0 Å². The van der Waals surface area contributed by atoms with E-state index in [1.165, 1.54) is 38.5 Å². The van der Waals surface area contributed by atoms with Crippen molar-refractivity contribution in [3.05, 3.63) is 53.6 Å². The first kappa shape index (κ1) is 23.7. The minimum Gasteiger partial charge on any atom is -0.493 e. The molecule has 2 N–H and O–H groups in total. The first-order valence-electron chi connectivity index (χ1n) is 9.34. The highest BCUT2D eigenvalue weighted by molar-refractivity contribution is 6.07. The molecule has 0 heterocycles. The number of methoxy groups -OCH3 is 2. The first-order valence-corrected chi connectivity index (χ1v) is 9.34. The molecular formula is C22H24F2N2O5. The van der Waals surface area contributed by atoms with Crippen molar-refractivity contribution in [2.75, 3.05) is 19.5 Å². The largest absolute Gasteiger partial charge is 0.493 e. The molecule has 7 nitrogen and oxygen atoms in total. The van der Waals surface area contributed by atoms with E-state index in [2.05, 4.69) is 15.4 Å². The maximum absolute atomic E-state index is 12.6. The van der Waals surface area contributed by atoms with Crippen LogP contribution in [0, 0.1) is 0 Å². The number of hydrogen-bond donors (Lipinski definition) is 2. The number of carbonyl (C=O) groups is 2. The van der Waals surface area contributed by atoms with E-state index in [4.69, 9.17) is 9.47 Å². The number of benzene rings is 2. The van der Waals surface area contributed by atoms with Crippen LogP contribution in [0.2, 0.25) is 0 Å². The summed E-state index contributed by atoms with van der Waals surface area (Å²) in [5, 5.41) is 5.37. The minimum atomic E-state index is -3.04. The molecule has 0 aliphatic rings. The lowest BCUT2D eigenvalue weighted by molar-refractivity contribution is -0.0526. The molecule has 0 radical (unpaired) electrons. The zero-order valence-electron chi connectivity index (χ0n) is 17.6. The Hall–Kier alpha value is -3.62. The van der Waals surface area contributed by atoms with E-state index in [1.54, 1.807) is 24.3 Å². The highest BCUT2D eigenvalue weighted by Gasteiger charge is 2.17. The Morgan fingerprint density at radius 3 is 2.06 bits per heavy atom. The van der Waals surface area contributed by atoms with Gasteiger partial charge in [0, 0.05) is 17.3 Å². The number of hydrogen-bond acceptors (Lipinski definition) is 5. The summed E-state index contributed by atoms with van der Waals surface area (Å²) in [4.78, 5) is 24.2. The van der Waals surface area contributed by atoms with Gasteiger partial charge >= 0.3 is 12.6 Å². The second-order valence-electron chi connectivity index (χ2n) is 6.66. The lowest BCUT2D eigenvalue weighted by atomic mass is 10.1. The number of halogens is 2. The molecule has 31 heavy (non-hydrogen) atoms. The molecule has 166 valence electrons. The molecule has 2 rings (SSSR count). The SMILES string of the molecule is COc1cc(/C=C/C(=O)c2ccc(NC(=O)NC(C)C)cc2)cc(OC)c1OC(F)F. The molecule has 9 heteroatoms. The van der Waals surface area contributed by atoms with Gasteiger partial charge in [-0.25, -0.2) is 4.79 Å². The number of nitrogens with one attached hydrogen (secondary N) is 2. The molecule has 2 aromatic rings. The molecular weight excluding hydrogens is 410 g/mol. The van der Waals surface area contributed by atoms with Crippen molar-refractivity contribution < 1.29 is 32.6 Å². The van der Waals surface area contributed by atoms with Crippen molar-refractivity contribution in [3.63, 3.8) is 0 Å². The summed E-state index contributed by atoms with van der Waals surface area (Å²) in [6.45, 7) is 0.649. The van der Waals surface area contributed by atoms with Crippen LogP contribution in [0.3, 0.4) is 0 Å². The second-order valence-corrected chi connectivity index (χ2v) is 6.66. The lowest BCUT2D eigenvalue weighted by Gasteiger charge is -2.14. The third-order valence-electron chi connectivity index (χ3n) is 3.96. The summed E-state index contributed by atoms with van der Waals surface area (Å²) in [7, 11) is 2.62. The first-order chi connectivity index (χ1) is 14.7. The van der Waals surface area contributed by atoms with Crippen molar-refractivity contribution in [2.45, 2.75) is 26.5 Å². The van der Waals surface area contributed by atoms with Gasteiger partial charge in [-0.3, -0.25) is 4.79 Å². The fourth-order valence-electron chi connectivity index (χ4n) is 2.62. The Morgan fingerprint density at radius 1 is 1.00 bits per heavy atom. The highest BCUT2D eigenvalue weighted by Crippen LogP contribution is 2.39. The molecule has 2 aromatic carbocycles. The van der Waals surface area contributed by atoms with Crippen molar-refractivity contribution in [2.24, 2.45) is 0 Å². The Bertz CT molecular complexity index is 918. The summed E-state index contributed by atoms with van der Waals surface area (Å²) < 4.78 is 39.9. The minimum absolute atomic E-state index is 0.000705. The summed E-state index contributed by atoms with van der Waals surface area (Å²) in [6, 6.07) is 8.95. The predicted octanol–water partition coefficient (Wildman–Crippen LogP) is 4.73. The number of rotatable bonds is 9. The maximum atomic E-state index is 12.6. The molecule has 0 fully saturated rings. The number of amides is 2. The van der Waals surface area contributed by atoms with Gasteiger partial charge in [-0.1, -0.05) is 6.08 Å². The fourth-order valence-corrected chi connectivity index (χ4v) is 2.62. The van der Waals surface area contributed by atoms with Crippen molar-refractivity contribution in [1.82, 2.24) is 5.32 Å². The topological polar surface area (TPSA) is 85.9 Å². The number of alkyl halides is 2. The number of urea groups is 1. The van der Waals surface area contributed by atoms with Crippen LogP contribution in [0.5, 0.6) is 17.2 Å². The normalized spacial score (nSPS) is 11.0. The van der Waals surface area contributed by atoms with Gasteiger partial charge in [0.1, 0.15) is 0 Å². The summed E-state index contributed by atoms with van der Waals surface area (Å²) in [5.41, 5.74) is 1.44. The Balaban J connectivity index is 2.14. The third kappa shape index (κ3) is 6.98. The quantitative estimate of drug-likeness (QED) is 0.440. The molecule has 0 bridgehead atoms. The molecule has 0 saturated heterocycles. The standard InChI is InChI=1S/C22H24F2N2O5/c1-13(2)25-22(28)26-16-8-6-15(7-9-16)17(27)10-5-14-11-18(29-3)20(31-21(23)24)19(12-14)30-4/h5-13,21H,1-4H3,(H2,25,26,28)/b10-5+. The maximum Gasteiger partial charge on any atom is 0.387 e. The second kappa shape index (κ2) is 11.0. The van der Waals surface area contributed by atoms with Crippen LogP contribution in [0.15, 0.2) is 42.5 Å². The molecule has 0 aliphatic heterocycles. The van der Waals surface area contributed by atoms with E-state index >= 15 is 0 Å². The Morgan fingerprint density at radius 2 is 1.58 bits per heavy atom. The number of allylic oxidation sites excluding steroid dienone is 1. The van der Waals surface area contributed by atoms with E-state index in [0.717, 1.165) is 0 Å². The van der Waals surface area contributed by atoms with Crippen LogP contribution in [-0.2, 0) is 0 Å². The van der Waals surface area contributed by atoms with E-state index in [9.17, 15) is 18.4 Å². The number of anilines is 1. The van der Waals surface area contributed by atoms with Crippen LogP contribution < -0.4 is 24.8 Å². The molecule has 0 saturated carbocycles. The summed E-state index contributed by atoms with van der Waals surface area (Å²) in [5.74, 6) is -0.430.